The highest BCUT2D eigenvalue weighted by molar-refractivity contribution is 6.53. The average molecular weight is 629 g/mol. The van der Waals surface area contributed by atoms with Gasteiger partial charge < -0.3 is 5.11 Å². The number of fused-ring (bicyclic) bond motifs is 4. The van der Waals surface area contributed by atoms with Crippen LogP contribution in [0.5, 0.6) is 5.75 Å². The fraction of sp³-hybridized carbons (Fsp3) is 0. The van der Waals surface area contributed by atoms with E-state index in [-0.39, 0.29) is 5.75 Å². The summed E-state index contributed by atoms with van der Waals surface area (Å²) in [6, 6.07) is 38.6. The summed E-state index contributed by atoms with van der Waals surface area (Å²) in [4.78, 5) is 20.8. The number of aliphatic imine (C=N–C) groups is 4. The average Bonchev–Trinajstić information content (AvgIpc) is 3.96. The Bertz CT molecular complexity index is 2430. The normalized spacial score (nSPS) is 17.7. The number of rotatable bonds is 4. The van der Waals surface area contributed by atoms with Gasteiger partial charge in [-0.1, -0.05) is 103 Å². The molecule has 5 heterocycles. The summed E-state index contributed by atoms with van der Waals surface area (Å²) in [7, 11) is 0. The lowest BCUT2D eigenvalue weighted by molar-refractivity contribution is 0.475. The van der Waals surface area contributed by atoms with Crippen molar-refractivity contribution in [1.29, 1.82) is 0 Å². The molecule has 5 aliphatic rings. The van der Waals surface area contributed by atoms with E-state index < -0.39 is 0 Å². The molecule has 0 spiro atoms. The number of nitrogens with zero attached hydrogens (tertiary/aromatic N) is 4. The van der Waals surface area contributed by atoms with Gasteiger partial charge in [0.2, 0.25) is 0 Å². The van der Waals surface area contributed by atoms with Crippen LogP contribution in [0, 0.1) is 0 Å². The molecular formula is C44H28N4O. The Kier molecular flexibility index (Phi) is 6.87. The van der Waals surface area contributed by atoms with E-state index in [2.05, 4.69) is 78.9 Å². The van der Waals surface area contributed by atoms with Crippen molar-refractivity contribution in [2.75, 3.05) is 0 Å². The Morgan fingerprint density at radius 1 is 0.388 bits per heavy atom. The second kappa shape index (κ2) is 11.8. The van der Waals surface area contributed by atoms with Crippen LogP contribution in [0.25, 0.3) is 22.3 Å². The molecular weight excluding hydrogens is 601 g/mol. The maximum Gasteiger partial charge on any atom is 0.115 e. The second-order valence-corrected chi connectivity index (χ2v) is 12.0. The lowest BCUT2D eigenvalue weighted by atomic mass is 9.85. The van der Waals surface area contributed by atoms with Gasteiger partial charge in [0.15, 0.2) is 0 Å². The lowest BCUT2D eigenvalue weighted by Gasteiger charge is -2.16. The maximum atomic E-state index is 10.3. The summed E-state index contributed by atoms with van der Waals surface area (Å²) in [5.41, 5.74) is 14.3. The molecule has 0 aliphatic carbocycles. The van der Waals surface area contributed by atoms with Crippen LogP contribution in [0.15, 0.2) is 207 Å². The zero-order chi connectivity index (χ0) is 32.7. The third-order valence-electron chi connectivity index (χ3n) is 8.87. The van der Waals surface area contributed by atoms with E-state index in [0.717, 1.165) is 90.2 Å². The van der Waals surface area contributed by atoms with E-state index in [9.17, 15) is 5.11 Å². The van der Waals surface area contributed by atoms with Crippen LogP contribution in [-0.4, -0.2) is 28.0 Å². The lowest BCUT2D eigenvalue weighted by Crippen LogP contribution is -2.06. The molecule has 230 valence electrons. The predicted octanol–water partition coefficient (Wildman–Crippen LogP) is 9.39. The van der Waals surface area contributed by atoms with Crippen molar-refractivity contribution < 1.29 is 5.11 Å². The van der Waals surface area contributed by atoms with Gasteiger partial charge in [0.05, 0.1) is 45.6 Å². The van der Waals surface area contributed by atoms with Crippen molar-refractivity contribution in [2.24, 2.45) is 20.0 Å². The smallest absolute Gasteiger partial charge is 0.115 e. The predicted molar refractivity (Wildman–Crippen MR) is 201 cm³/mol. The number of aromatic hydroxyl groups is 1. The minimum absolute atomic E-state index is 0.194. The molecule has 1 N–H and O–H groups in total. The molecule has 0 aromatic heterocycles. The van der Waals surface area contributed by atoms with E-state index in [4.69, 9.17) is 20.0 Å². The Balaban J connectivity index is 1.46. The van der Waals surface area contributed by atoms with Crippen LogP contribution in [0.4, 0.5) is 0 Å². The molecule has 8 bridgehead atoms. The molecule has 49 heavy (non-hydrogen) atoms. The van der Waals surface area contributed by atoms with Gasteiger partial charge in [-0.15, -0.1) is 0 Å². The number of phenolic OH excluding ortho intramolecular Hbond substituents is 1. The van der Waals surface area contributed by atoms with Gasteiger partial charge in [-0.25, -0.2) is 20.0 Å². The minimum atomic E-state index is 0.194. The Labute approximate surface area is 284 Å². The SMILES string of the molecule is Oc1ccc(C2=C3C=CC(=N3)C=C3C=CC(=N3)C=C3C=CC(=N3)C(c3ccccc3)=C3N=C2C(c2ccccc2)=C3c2ccccc2)cc1. The number of phenols is 1. The van der Waals surface area contributed by atoms with Gasteiger partial charge in [0, 0.05) is 22.3 Å². The van der Waals surface area contributed by atoms with E-state index in [1.165, 1.54) is 0 Å². The monoisotopic (exact) mass is 628 g/mol. The zero-order valence-corrected chi connectivity index (χ0v) is 26.3. The number of allylic oxidation sites excluding steroid dienone is 12. The fourth-order valence-electron chi connectivity index (χ4n) is 6.69. The molecule has 5 heteroatoms. The van der Waals surface area contributed by atoms with Crippen molar-refractivity contribution in [3.05, 3.63) is 209 Å². The van der Waals surface area contributed by atoms with Gasteiger partial charge >= 0.3 is 0 Å². The molecule has 9 rings (SSSR count). The first-order valence-electron chi connectivity index (χ1n) is 16.2. The Morgan fingerprint density at radius 3 is 1.59 bits per heavy atom. The first-order chi connectivity index (χ1) is 24.2. The largest absolute Gasteiger partial charge is 0.508 e. The van der Waals surface area contributed by atoms with Crippen molar-refractivity contribution in [1.82, 2.24) is 0 Å². The number of benzene rings is 4. The van der Waals surface area contributed by atoms with Crippen molar-refractivity contribution in [3.63, 3.8) is 0 Å². The summed E-state index contributed by atoms with van der Waals surface area (Å²) >= 11 is 0. The van der Waals surface area contributed by atoms with Gasteiger partial charge in [0.1, 0.15) is 5.75 Å². The van der Waals surface area contributed by atoms with Crippen molar-refractivity contribution in [2.45, 2.75) is 0 Å². The molecule has 4 aromatic carbocycles. The molecule has 0 saturated heterocycles. The van der Waals surface area contributed by atoms with Crippen molar-refractivity contribution in [3.8, 4) is 5.75 Å². The standard InChI is InChI=1S/C44H28N4O/c49-36-22-16-31(17-23-36)40-38-25-21-35(47-38)27-33-19-18-32(45-33)26-34-20-24-37(46-34)39(28-10-4-1-5-11-28)43-41(29-12-6-2-7-13-29)42(44(40)48-43)30-14-8-3-9-15-30/h1-27,49H. The van der Waals surface area contributed by atoms with Crippen molar-refractivity contribution >= 4 is 45.1 Å². The summed E-state index contributed by atoms with van der Waals surface area (Å²) in [6.07, 6.45) is 16.2. The van der Waals surface area contributed by atoms with Gasteiger partial charge in [0.25, 0.3) is 0 Å². The van der Waals surface area contributed by atoms with Gasteiger partial charge in [-0.3, -0.25) is 0 Å². The molecule has 0 unspecified atom stereocenters. The zero-order valence-electron chi connectivity index (χ0n) is 26.3. The number of hydrogen-bond donors (Lipinski definition) is 1. The van der Waals surface area contributed by atoms with Crippen LogP contribution < -0.4 is 0 Å². The first-order valence-corrected chi connectivity index (χ1v) is 16.2. The summed E-state index contributed by atoms with van der Waals surface area (Å²) in [5.74, 6) is 0.194. The van der Waals surface area contributed by atoms with Crippen LogP contribution in [0.3, 0.4) is 0 Å². The Hall–Kier alpha value is -6.72. The van der Waals surface area contributed by atoms with Crippen LogP contribution in [-0.2, 0) is 0 Å². The summed E-state index contributed by atoms with van der Waals surface area (Å²) < 4.78 is 0. The molecule has 5 nitrogen and oxygen atoms in total. The highest BCUT2D eigenvalue weighted by Gasteiger charge is 2.34. The summed E-state index contributed by atoms with van der Waals surface area (Å²) in [6.45, 7) is 0. The topological polar surface area (TPSA) is 69.7 Å². The van der Waals surface area contributed by atoms with Gasteiger partial charge in [-0.2, -0.15) is 0 Å². The third kappa shape index (κ3) is 5.24. The third-order valence-corrected chi connectivity index (χ3v) is 8.87. The highest BCUT2D eigenvalue weighted by Crippen LogP contribution is 2.47. The van der Waals surface area contributed by atoms with E-state index in [0.29, 0.717) is 0 Å². The van der Waals surface area contributed by atoms with E-state index in [1.807, 2.05) is 72.9 Å². The van der Waals surface area contributed by atoms with Crippen LogP contribution >= 0.6 is 0 Å². The molecule has 4 aromatic rings. The Morgan fingerprint density at radius 2 is 0.918 bits per heavy atom. The summed E-state index contributed by atoms with van der Waals surface area (Å²) in [5, 5.41) is 10.3. The van der Waals surface area contributed by atoms with Gasteiger partial charge in [-0.05, 0) is 83.0 Å². The molecule has 0 atom stereocenters. The molecule has 0 radical (unpaired) electrons. The molecule has 0 fully saturated rings. The molecule has 0 amide bonds. The van der Waals surface area contributed by atoms with E-state index >= 15 is 0 Å². The highest BCUT2D eigenvalue weighted by atomic mass is 16.3. The second-order valence-electron chi connectivity index (χ2n) is 12.0. The van der Waals surface area contributed by atoms with Crippen LogP contribution in [0.2, 0.25) is 0 Å². The quantitative estimate of drug-likeness (QED) is 0.240. The minimum Gasteiger partial charge on any atom is -0.508 e. The van der Waals surface area contributed by atoms with E-state index in [1.54, 1.807) is 12.1 Å². The van der Waals surface area contributed by atoms with Crippen LogP contribution in [0.1, 0.15) is 22.3 Å². The maximum absolute atomic E-state index is 10.3. The molecule has 5 aliphatic heterocycles. The molecule has 0 saturated carbocycles. The number of hydrogen-bond acceptors (Lipinski definition) is 5. The fourth-order valence-corrected chi connectivity index (χ4v) is 6.69. The first kappa shape index (κ1) is 28.5.